The minimum atomic E-state index is -0.633. The lowest BCUT2D eigenvalue weighted by molar-refractivity contribution is -0.143. The molecule has 3 N–H and O–H groups in total. The number of carboxylic acid groups (broad SMARTS) is 1. The molecule has 2 saturated carbocycles. The van der Waals surface area contributed by atoms with Crippen molar-refractivity contribution in [2.24, 2.45) is 11.8 Å². The Labute approximate surface area is 142 Å². The van der Waals surface area contributed by atoms with Gasteiger partial charge in [0.15, 0.2) is 0 Å². The van der Waals surface area contributed by atoms with Gasteiger partial charge in [-0.2, -0.15) is 0 Å². The van der Waals surface area contributed by atoms with E-state index in [1.165, 1.54) is 12.5 Å². The van der Waals surface area contributed by atoms with Crippen LogP contribution in [0.5, 0.6) is 0 Å². The lowest BCUT2D eigenvalue weighted by Crippen LogP contribution is -2.30. The maximum Gasteiger partial charge on any atom is 0.306 e. The normalized spacial score (nSPS) is 29.0. The minimum absolute atomic E-state index is 0.0497. The first-order valence-corrected chi connectivity index (χ1v) is 8.86. The van der Waals surface area contributed by atoms with Gasteiger partial charge in [0.1, 0.15) is 0 Å². The highest BCUT2D eigenvalue weighted by Crippen LogP contribution is 2.41. The average molecular weight is 330 g/mol. The van der Waals surface area contributed by atoms with Crippen molar-refractivity contribution in [1.29, 1.82) is 0 Å². The van der Waals surface area contributed by atoms with Crippen LogP contribution in [0.3, 0.4) is 0 Å². The standard InChI is InChI=1S/C19H26N2O3/c1-12(22)21-16-8-6-14(7-9-16)17-10-18(17)20-11-13-2-4-15(5-3-13)19(23)24/h6-9,13,15,17-18,20H,2-5,10-11H2,1H3,(H,21,22)(H,23,24)/t13?,15?,17-,18+/m0/s1. The summed E-state index contributed by atoms with van der Waals surface area (Å²) in [6.45, 7) is 2.51. The minimum Gasteiger partial charge on any atom is -0.481 e. The number of carboxylic acids is 1. The monoisotopic (exact) mass is 330 g/mol. The Bertz CT molecular complexity index is 591. The van der Waals surface area contributed by atoms with Gasteiger partial charge >= 0.3 is 5.97 Å². The molecule has 1 amide bonds. The molecule has 2 aliphatic carbocycles. The van der Waals surface area contributed by atoms with Crippen LogP contribution < -0.4 is 10.6 Å². The number of hydrogen-bond acceptors (Lipinski definition) is 3. The van der Waals surface area contributed by atoms with Crippen molar-refractivity contribution in [3.05, 3.63) is 29.8 Å². The van der Waals surface area contributed by atoms with Gasteiger partial charge in [0.05, 0.1) is 5.92 Å². The van der Waals surface area contributed by atoms with Crippen LogP contribution in [0.1, 0.15) is 50.5 Å². The summed E-state index contributed by atoms with van der Waals surface area (Å²) in [7, 11) is 0. The summed E-state index contributed by atoms with van der Waals surface area (Å²) < 4.78 is 0. The Balaban J connectivity index is 1.40. The van der Waals surface area contributed by atoms with Crippen molar-refractivity contribution in [3.63, 3.8) is 0 Å². The van der Waals surface area contributed by atoms with Gasteiger partial charge in [0.2, 0.25) is 5.91 Å². The molecule has 0 spiro atoms. The molecule has 0 radical (unpaired) electrons. The van der Waals surface area contributed by atoms with Crippen LogP contribution in [0.25, 0.3) is 0 Å². The fraction of sp³-hybridized carbons (Fsp3) is 0.579. The molecule has 0 aromatic heterocycles. The summed E-state index contributed by atoms with van der Waals surface area (Å²) >= 11 is 0. The second-order valence-electron chi connectivity index (χ2n) is 7.22. The van der Waals surface area contributed by atoms with Crippen molar-refractivity contribution in [1.82, 2.24) is 5.32 Å². The van der Waals surface area contributed by atoms with E-state index in [1.807, 2.05) is 12.1 Å². The third-order valence-electron chi connectivity index (χ3n) is 5.31. The van der Waals surface area contributed by atoms with Crippen LogP contribution in [0, 0.1) is 11.8 Å². The molecule has 1 aromatic rings. The van der Waals surface area contributed by atoms with Crippen LogP contribution in [0.4, 0.5) is 5.69 Å². The lowest BCUT2D eigenvalue weighted by atomic mass is 9.82. The van der Waals surface area contributed by atoms with Crippen molar-refractivity contribution in [2.75, 3.05) is 11.9 Å². The molecule has 24 heavy (non-hydrogen) atoms. The van der Waals surface area contributed by atoms with Gasteiger partial charge in [-0.25, -0.2) is 0 Å². The predicted octanol–water partition coefficient (Wildman–Crippen LogP) is 2.98. The zero-order chi connectivity index (χ0) is 17.1. The fourth-order valence-electron chi connectivity index (χ4n) is 3.74. The number of rotatable bonds is 6. The molecule has 3 rings (SSSR count). The van der Waals surface area contributed by atoms with Crippen LogP contribution in [-0.4, -0.2) is 29.6 Å². The Hall–Kier alpha value is -1.88. The number of aliphatic carboxylic acids is 1. The molecule has 0 aliphatic heterocycles. The van der Waals surface area contributed by atoms with Gasteiger partial charge in [-0.05, 0) is 62.3 Å². The number of amides is 1. The van der Waals surface area contributed by atoms with E-state index >= 15 is 0 Å². The van der Waals surface area contributed by atoms with E-state index in [0.717, 1.165) is 44.3 Å². The lowest BCUT2D eigenvalue weighted by Gasteiger charge is -2.26. The van der Waals surface area contributed by atoms with Gasteiger partial charge in [-0.3, -0.25) is 9.59 Å². The summed E-state index contributed by atoms with van der Waals surface area (Å²) in [6.07, 6.45) is 4.84. The van der Waals surface area contributed by atoms with E-state index in [-0.39, 0.29) is 11.8 Å². The SMILES string of the molecule is CC(=O)Nc1ccc([C@@H]2C[C@H]2NCC2CCC(C(=O)O)CC2)cc1. The van der Waals surface area contributed by atoms with Gasteiger partial charge in [0, 0.05) is 24.6 Å². The first-order valence-electron chi connectivity index (χ1n) is 8.86. The third-order valence-corrected chi connectivity index (χ3v) is 5.31. The third kappa shape index (κ3) is 4.35. The molecule has 2 fully saturated rings. The Morgan fingerprint density at radius 3 is 2.38 bits per heavy atom. The summed E-state index contributed by atoms with van der Waals surface area (Å²) in [5.74, 6) is 0.366. The van der Waals surface area contributed by atoms with Crippen LogP contribution in [-0.2, 0) is 9.59 Å². The van der Waals surface area contributed by atoms with Gasteiger partial charge in [-0.1, -0.05) is 12.1 Å². The molecular weight excluding hydrogens is 304 g/mol. The van der Waals surface area contributed by atoms with E-state index in [0.29, 0.717) is 17.9 Å². The van der Waals surface area contributed by atoms with Crippen molar-refractivity contribution < 1.29 is 14.7 Å². The first kappa shape index (κ1) is 17.0. The van der Waals surface area contributed by atoms with Crippen molar-refractivity contribution in [3.8, 4) is 0 Å². The van der Waals surface area contributed by atoms with Crippen LogP contribution in [0.15, 0.2) is 24.3 Å². The molecule has 1 aromatic carbocycles. The Morgan fingerprint density at radius 2 is 1.79 bits per heavy atom. The molecule has 0 saturated heterocycles. The van der Waals surface area contributed by atoms with Crippen LogP contribution >= 0.6 is 0 Å². The largest absolute Gasteiger partial charge is 0.481 e. The van der Waals surface area contributed by atoms with Crippen LogP contribution in [0.2, 0.25) is 0 Å². The molecule has 2 atom stereocenters. The predicted molar refractivity (Wildman–Crippen MR) is 93.0 cm³/mol. The summed E-state index contributed by atoms with van der Waals surface area (Å²) in [5, 5.41) is 15.5. The Kier molecular flexibility index (Phi) is 5.19. The molecule has 0 heterocycles. The average Bonchev–Trinajstić information content (AvgIpc) is 3.33. The fourth-order valence-corrected chi connectivity index (χ4v) is 3.74. The van der Waals surface area contributed by atoms with E-state index < -0.39 is 5.97 Å². The molecule has 0 bridgehead atoms. The number of anilines is 1. The Morgan fingerprint density at radius 1 is 1.12 bits per heavy atom. The van der Waals surface area contributed by atoms with Gasteiger partial charge in [-0.15, -0.1) is 0 Å². The molecule has 0 unspecified atom stereocenters. The van der Waals surface area contributed by atoms with Crippen molar-refractivity contribution >= 4 is 17.6 Å². The summed E-state index contributed by atoms with van der Waals surface area (Å²) in [6, 6.07) is 8.64. The smallest absolute Gasteiger partial charge is 0.306 e. The zero-order valence-corrected chi connectivity index (χ0v) is 14.1. The quantitative estimate of drug-likeness (QED) is 0.749. The highest BCUT2D eigenvalue weighted by molar-refractivity contribution is 5.88. The molecule has 2 aliphatic rings. The first-order chi connectivity index (χ1) is 11.5. The molecule has 130 valence electrons. The number of nitrogens with one attached hydrogen (secondary N) is 2. The second-order valence-corrected chi connectivity index (χ2v) is 7.22. The number of carbonyl (C=O) groups excluding carboxylic acids is 1. The second kappa shape index (κ2) is 7.34. The topological polar surface area (TPSA) is 78.4 Å². The maximum absolute atomic E-state index is 11.0. The molecule has 5 heteroatoms. The summed E-state index contributed by atoms with van der Waals surface area (Å²) in [4.78, 5) is 22.0. The number of benzene rings is 1. The van der Waals surface area contributed by atoms with E-state index in [9.17, 15) is 9.59 Å². The maximum atomic E-state index is 11.0. The van der Waals surface area contributed by atoms with E-state index in [2.05, 4.69) is 22.8 Å². The summed E-state index contributed by atoms with van der Waals surface area (Å²) in [5.41, 5.74) is 2.16. The number of carbonyl (C=O) groups is 2. The highest BCUT2D eigenvalue weighted by atomic mass is 16.4. The number of hydrogen-bond donors (Lipinski definition) is 3. The van der Waals surface area contributed by atoms with Crippen molar-refractivity contribution in [2.45, 2.75) is 51.0 Å². The van der Waals surface area contributed by atoms with Gasteiger partial charge < -0.3 is 15.7 Å². The highest BCUT2D eigenvalue weighted by Gasteiger charge is 2.38. The van der Waals surface area contributed by atoms with E-state index in [1.54, 1.807) is 0 Å². The zero-order valence-electron chi connectivity index (χ0n) is 14.1. The van der Waals surface area contributed by atoms with Gasteiger partial charge in [0.25, 0.3) is 0 Å². The van der Waals surface area contributed by atoms with E-state index in [4.69, 9.17) is 5.11 Å². The molecular formula is C19H26N2O3. The molecule has 5 nitrogen and oxygen atoms in total.